The highest BCUT2D eigenvalue weighted by Gasteiger charge is 2.15. The highest BCUT2D eigenvalue weighted by molar-refractivity contribution is 7.19. The maximum atomic E-state index is 4.80. The summed E-state index contributed by atoms with van der Waals surface area (Å²) in [6, 6.07) is 10.5. The molecule has 5 heteroatoms. The van der Waals surface area contributed by atoms with Crippen molar-refractivity contribution in [1.82, 2.24) is 9.97 Å². The SMILES string of the molecule is CN(C)c1nc(-c2scc3ccccc23)c2sccc2n1. The van der Waals surface area contributed by atoms with Gasteiger partial charge in [0.1, 0.15) is 5.69 Å². The summed E-state index contributed by atoms with van der Waals surface area (Å²) in [5.41, 5.74) is 2.07. The van der Waals surface area contributed by atoms with Crippen LogP contribution in [-0.2, 0) is 0 Å². The first-order chi connectivity index (χ1) is 10.2. The zero-order chi connectivity index (χ0) is 14.4. The van der Waals surface area contributed by atoms with Gasteiger partial charge < -0.3 is 4.90 Å². The van der Waals surface area contributed by atoms with Gasteiger partial charge in [0.2, 0.25) is 5.95 Å². The summed E-state index contributed by atoms with van der Waals surface area (Å²) in [6.07, 6.45) is 0. The van der Waals surface area contributed by atoms with Gasteiger partial charge in [-0.1, -0.05) is 24.3 Å². The molecule has 104 valence electrons. The largest absolute Gasteiger partial charge is 0.347 e. The maximum absolute atomic E-state index is 4.80. The average Bonchev–Trinajstić information content (AvgIpc) is 3.12. The van der Waals surface area contributed by atoms with E-state index < -0.39 is 0 Å². The predicted octanol–water partition coefficient (Wildman–Crippen LogP) is 4.64. The van der Waals surface area contributed by atoms with Crippen molar-refractivity contribution in [3.05, 3.63) is 41.1 Å². The first kappa shape index (κ1) is 12.7. The quantitative estimate of drug-likeness (QED) is 0.540. The zero-order valence-electron chi connectivity index (χ0n) is 11.7. The topological polar surface area (TPSA) is 29.0 Å². The van der Waals surface area contributed by atoms with Gasteiger partial charge in [-0.3, -0.25) is 0 Å². The minimum atomic E-state index is 0.758. The Balaban J connectivity index is 2.07. The lowest BCUT2D eigenvalue weighted by atomic mass is 10.1. The van der Waals surface area contributed by atoms with Gasteiger partial charge in [-0.05, 0) is 22.2 Å². The molecule has 0 N–H and O–H groups in total. The Labute approximate surface area is 130 Å². The lowest BCUT2D eigenvalue weighted by Crippen LogP contribution is -2.12. The van der Waals surface area contributed by atoms with Gasteiger partial charge in [-0.25, -0.2) is 9.97 Å². The summed E-state index contributed by atoms with van der Waals surface area (Å²) >= 11 is 3.46. The molecule has 0 spiro atoms. The molecular formula is C16H13N3S2. The van der Waals surface area contributed by atoms with Gasteiger partial charge in [0.15, 0.2) is 0 Å². The van der Waals surface area contributed by atoms with Crippen LogP contribution in [0.5, 0.6) is 0 Å². The molecule has 0 fully saturated rings. The van der Waals surface area contributed by atoms with Gasteiger partial charge >= 0.3 is 0 Å². The molecule has 0 saturated carbocycles. The van der Waals surface area contributed by atoms with Crippen molar-refractivity contribution in [3.8, 4) is 10.6 Å². The highest BCUT2D eigenvalue weighted by atomic mass is 32.1. The van der Waals surface area contributed by atoms with E-state index in [1.165, 1.54) is 15.6 Å². The minimum absolute atomic E-state index is 0.758. The smallest absolute Gasteiger partial charge is 0.226 e. The average molecular weight is 311 g/mol. The van der Waals surface area contributed by atoms with Crippen molar-refractivity contribution in [1.29, 1.82) is 0 Å². The molecule has 0 saturated heterocycles. The van der Waals surface area contributed by atoms with E-state index in [-0.39, 0.29) is 0 Å². The molecule has 0 aliphatic heterocycles. The van der Waals surface area contributed by atoms with Crippen LogP contribution in [0.1, 0.15) is 0 Å². The molecule has 0 bridgehead atoms. The number of fused-ring (bicyclic) bond motifs is 2. The lowest BCUT2D eigenvalue weighted by molar-refractivity contribution is 1.02. The van der Waals surface area contributed by atoms with Gasteiger partial charge in [0.05, 0.1) is 15.1 Å². The van der Waals surface area contributed by atoms with Gasteiger partial charge in [-0.15, -0.1) is 22.7 Å². The van der Waals surface area contributed by atoms with E-state index in [0.717, 1.165) is 21.9 Å². The number of thiophene rings is 2. The van der Waals surface area contributed by atoms with Crippen LogP contribution in [0.4, 0.5) is 5.95 Å². The second kappa shape index (κ2) is 4.79. The molecule has 0 unspecified atom stereocenters. The summed E-state index contributed by atoms with van der Waals surface area (Å²) in [5.74, 6) is 0.758. The summed E-state index contributed by atoms with van der Waals surface area (Å²) in [7, 11) is 3.95. The van der Waals surface area contributed by atoms with Crippen molar-refractivity contribution in [2.24, 2.45) is 0 Å². The Morgan fingerprint density at radius 3 is 2.71 bits per heavy atom. The fourth-order valence-electron chi connectivity index (χ4n) is 2.38. The number of anilines is 1. The van der Waals surface area contributed by atoms with Crippen molar-refractivity contribution in [2.45, 2.75) is 0 Å². The van der Waals surface area contributed by atoms with E-state index in [9.17, 15) is 0 Å². The van der Waals surface area contributed by atoms with Crippen molar-refractivity contribution in [3.63, 3.8) is 0 Å². The third kappa shape index (κ3) is 2.01. The van der Waals surface area contributed by atoms with Crippen LogP contribution in [0.25, 0.3) is 31.6 Å². The predicted molar refractivity (Wildman–Crippen MR) is 92.6 cm³/mol. The molecule has 1 aromatic carbocycles. The Morgan fingerprint density at radius 1 is 1.00 bits per heavy atom. The molecule has 0 atom stereocenters. The normalized spacial score (nSPS) is 11.3. The van der Waals surface area contributed by atoms with Crippen molar-refractivity contribution < 1.29 is 0 Å². The van der Waals surface area contributed by atoms with Crippen molar-refractivity contribution >= 4 is 49.6 Å². The van der Waals surface area contributed by atoms with Crippen LogP contribution in [0, 0.1) is 0 Å². The molecule has 0 aliphatic carbocycles. The number of hydrogen-bond donors (Lipinski definition) is 0. The fourth-order valence-corrected chi connectivity index (χ4v) is 4.29. The maximum Gasteiger partial charge on any atom is 0.226 e. The monoisotopic (exact) mass is 311 g/mol. The molecule has 0 radical (unpaired) electrons. The first-order valence-electron chi connectivity index (χ1n) is 6.63. The van der Waals surface area contributed by atoms with Crippen LogP contribution < -0.4 is 4.90 Å². The molecule has 3 aromatic heterocycles. The fraction of sp³-hybridized carbons (Fsp3) is 0.125. The third-order valence-corrected chi connectivity index (χ3v) is 5.35. The van der Waals surface area contributed by atoms with Gasteiger partial charge in [-0.2, -0.15) is 0 Å². The zero-order valence-corrected chi connectivity index (χ0v) is 13.3. The molecule has 21 heavy (non-hydrogen) atoms. The summed E-state index contributed by atoms with van der Waals surface area (Å²) in [6.45, 7) is 0. The Kier molecular flexibility index (Phi) is 2.90. The van der Waals surface area contributed by atoms with E-state index in [0.29, 0.717) is 0 Å². The molecule has 4 rings (SSSR count). The Morgan fingerprint density at radius 2 is 1.86 bits per heavy atom. The Hall–Kier alpha value is -1.98. The van der Waals surface area contributed by atoms with Gasteiger partial charge in [0, 0.05) is 19.5 Å². The number of rotatable bonds is 2. The second-order valence-electron chi connectivity index (χ2n) is 5.05. The molecule has 0 amide bonds. The van der Waals surface area contributed by atoms with E-state index in [1.807, 2.05) is 19.0 Å². The molecule has 0 aliphatic rings. The first-order valence-corrected chi connectivity index (χ1v) is 8.39. The second-order valence-corrected chi connectivity index (χ2v) is 6.85. The van der Waals surface area contributed by atoms with Gasteiger partial charge in [0.25, 0.3) is 0 Å². The number of hydrogen-bond acceptors (Lipinski definition) is 5. The van der Waals surface area contributed by atoms with E-state index in [2.05, 4.69) is 46.1 Å². The molecule has 3 heterocycles. The molecule has 4 aromatic rings. The third-order valence-electron chi connectivity index (χ3n) is 3.42. The minimum Gasteiger partial charge on any atom is -0.347 e. The standard InChI is InChI=1S/C16H13N3S2/c1-19(2)16-17-12-7-8-20-15(12)13(18-16)14-11-6-4-3-5-10(11)9-21-14/h3-9H,1-2H3. The van der Waals surface area contributed by atoms with Crippen LogP contribution >= 0.6 is 22.7 Å². The van der Waals surface area contributed by atoms with E-state index in [1.54, 1.807) is 22.7 Å². The molecule has 3 nitrogen and oxygen atoms in total. The van der Waals surface area contributed by atoms with Crippen LogP contribution in [0.15, 0.2) is 41.1 Å². The summed E-state index contributed by atoms with van der Waals surface area (Å²) in [4.78, 5) is 12.6. The van der Waals surface area contributed by atoms with Crippen molar-refractivity contribution in [2.75, 3.05) is 19.0 Å². The summed E-state index contributed by atoms with van der Waals surface area (Å²) in [5, 5.41) is 6.81. The van der Waals surface area contributed by atoms with E-state index in [4.69, 9.17) is 4.98 Å². The van der Waals surface area contributed by atoms with Crippen LogP contribution in [0.3, 0.4) is 0 Å². The number of aromatic nitrogens is 2. The Bertz CT molecular complexity index is 937. The van der Waals surface area contributed by atoms with Crippen LogP contribution in [-0.4, -0.2) is 24.1 Å². The number of benzene rings is 1. The highest BCUT2D eigenvalue weighted by Crippen LogP contribution is 2.39. The van der Waals surface area contributed by atoms with E-state index >= 15 is 0 Å². The molecular weight excluding hydrogens is 298 g/mol. The van der Waals surface area contributed by atoms with Crippen LogP contribution in [0.2, 0.25) is 0 Å². The number of nitrogens with zero attached hydrogens (tertiary/aromatic N) is 3. The lowest BCUT2D eigenvalue weighted by Gasteiger charge is -2.11. The summed E-state index contributed by atoms with van der Waals surface area (Å²) < 4.78 is 1.16.